The second kappa shape index (κ2) is 10.8. The summed E-state index contributed by atoms with van der Waals surface area (Å²) in [5, 5.41) is 1.01. The van der Waals surface area contributed by atoms with Gasteiger partial charge in [0.25, 0.3) is 11.5 Å². The number of fused-ring (bicyclic) bond motifs is 1. The molecule has 0 N–H and O–H groups in total. The lowest BCUT2D eigenvalue weighted by Gasteiger charge is -2.35. The smallest absolute Gasteiger partial charge is 0.261 e. The largest absolute Gasteiger partial charge is 0.493 e. The number of carbonyl (C=O) groups is 2. The number of benzene rings is 2. The van der Waals surface area contributed by atoms with E-state index in [1.807, 2.05) is 0 Å². The maximum Gasteiger partial charge on any atom is 0.261 e. The number of halogens is 1. The number of ether oxygens (including phenoxy) is 2. The highest BCUT2D eigenvalue weighted by molar-refractivity contribution is 6.30. The Labute approximate surface area is 207 Å². The molecule has 4 rings (SSSR count). The zero-order valence-electron chi connectivity index (χ0n) is 19.7. The Hall–Kier alpha value is -3.59. The number of piperazine rings is 1. The Kier molecular flexibility index (Phi) is 7.55. The third kappa shape index (κ3) is 5.40. The molecular formula is C25H27ClN4O5. The van der Waals surface area contributed by atoms with E-state index < -0.39 is 0 Å². The SMILES string of the molecule is COc1cc2ncn(CCCC(=O)N3CCN(C(=O)c4ccc(Cl)cc4)CC3)c(=O)c2cc1OC. The lowest BCUT2D eigenvalue weighted by molar-refractivity contribution is -0.132. The van der Waals surface area contributed by atoms with Crippen molar-refractivity contribution in [3.05, 3.63) is 63.7 Å². The second-order valence-corrected chi connectivity index (χ2v) is 8.69. The minimum Gasteiger partial charge on any atom is -0.493 e. The minimum atomic E-state index is -0.197. The standard InChI is InChI=1S/C25H27ClN4O5/c1-34-21-14-19-20(15-22(21)35-2)27-16-30(25(19)33)9-3-4-23(31)28-10-12-29(13-11-28)24(32)17-5-7-18(26)8-6-17/h5-8,14-16H,3-4,9-13H2,1-2H3. The van der Waals surface area contributed by atoms with Crippen molar-refractivity contribution >= 4 is 34.3 Å². The Balaban J connectivity index is 1.31. The molecule has 184 valence electrons. The van der Waals surface area contributed by atoms with Crippen LogP contribution in [0, 0.1) is 0 Å². The fourth-order valence-corrected chi connectivity index (χ4v) is 4.26. The van der Waals surface area contributed by atoms with E-state index in [4.69, 9.17) is 21.1 Å². The van der Waals surface area contributed by atoms with Crippen molar-refractivity contribution in [3.63, 3.8) is 0 Å². The highest BCUT2D eigenvalue weighted by Gasteiger charge is 2.24. The quantitative estimate of drug-likeness (QED) is 0.497. The van der Waals surface area contributed by atoms with E-state index >= 15 is 0 Å². The summed E-state index contributed by atoms with van der Waals surface area (Å²) in [5.41, 5.74) is 0.906. The highest BCUT2D eigenvalue weighted by atomic mass is 35.5. The van der Waals surface area contributed by atoms with Gasteiger partial charge in [-0.2, -0.15) is 0 Å². The van der Waals surface area contributed by atoms with Crippen LogP contribution in [0.25, 0.3) is 10.9 Å². The summed E-state index contributed by atoms with van der Waals surface area (Å²) in [4.78, 5) is 46.1. The van der Waals surface area contributed by atoms with Gasteiger partial charge in [0.15, 0.2) is 11.5 Å². The lowest BCUT2D eigenvalue weighted by Crippen LogP contribution is -2.50. The second-order valence-electron chi connectivity index (χ2n) is 8.25. The fourth-order valence-electron chi connectivity index (χ4n) is 4.14. The maximum atomic E-state index is 12.9. The van der Waals surface area contributed by atoms with Crippen LogP contribution in [0.2, 0.25) is 5.02 Å². The van der Waals surface area contributed by atoms with E-state index in [0.717, 1.165) is 0 Å². The Morgan fingerprint density at radius 2 is 1.60 bits per heavy atom. The molecule has 1 fully saturated rings. The number of rotatable bonds is 7. The van der Waals surface area contributed by atoms with Crippen LogP contribution in [0.4, 0.5) is 0 Å². The van der Waals surface area contributed by atoms with Crippen LogP contribution in [0.5, 0.6) is 11.5 Å². The molecule has 1 aromatic heterocycles. The molecule has 0 aliphatic carbocycles. The Morgan fingerprint density at radius 1 is 0.971 bits per heavy atom. The van der Waals surface area contributed by atoms with Gasteiger partial charge >= 0.3 is 0 Å². The van der Waals surface area contributed by atoms with Gasteiger partial charge in [-0.05, 0) is 36.8 Å². The molecule has 0 bridgehead atoms. The lowest BCUT2D eigenvalue weighted by atomic mass is 10.1. The van der Waals surface area contributed by atoms with E-state index in [2.05, 4.69) is 4.98 Å². The molecule has 10 heteroatoms. The van der Waals surface area contributed by atoms with Gasteiger partial charge in [0, 0.05) is 55.8 Å². The third-order valence-corrected chi connectivity index (χ3v) is 6.38. The van der Waals surface area contributed by atoms with Crippen molar-refractivity contribution in [1.29, 1.82) is 0 Å². The molecule has 0 atom stereocenters. The Morgan fingerprint density at radius 3 is 2.26 bits per heavy atom. The van der Waals surface area contributed by atoms with Gasteiger partial charge in [0.2, 0.25) is 5.91 Å². The average Bonchev–Trinajstić information content (AvgIpc) is 2.89. The monoisotopic (exact) mass is 498 g/mol. The third-order valence-electron chi connectivity index (χ3n) is 6.13. The van der Waals surface area contributed by atoms with E-state index in [1.165, 1.54) is 25.1 Å². The molecular weight excluding hydrogens is 472 g/mol. The van der Waals surface area contributed by atoms with Crippen molar-refractivity contribution in [2.75, 3.05) is 40.4 Å². The normalized spacial score (nSPS) is 13.7. The number of aryl methyl sites for hydroxylation is 1. The molecule has 3 aromatic rings. The zero-order chi connectivity index (χ0) is 24.9. The summed E-state index contributed by atoms with van der Waals surface area (Å²) in [7, 11) is 3.04. The number of amides is 2. The van der Waals surface area contributed by atoms with Gasteiger partial charge in [-0.25, -0.2) is 4.98 Å². The maximum absolute atomic E-state index is 12.9. The first-order chi connectivity index (χ1) is 16.9. The summed E-state index contributed by atoms with van der Waals surface area (Å²) in [6.07, 6.45) is 2.30. The van der Waals surface area contributed by atoms with E-state index in [-0.39, 0.29) is 17.4 Å². The van der Waals surface area contributed by atoms with Gasteiger partial charge in [-0.3, -0.25) is 19.0 Å². The number of hydrogen-bond acceptors (Lipinski definition) is 6. The summed E-state index contributed by atoms with van der Waals surface area (Å²) in [6, 6.07) is 10.1. The Bertz CT molecular complexity index is 1280. The van der Waals surface area contributed by atoms with E-state index in [0.29, 0.717) is 78.6 Å². The predicted octanol–water partition coefficient (Wildman–Crippen LogP) is 2.83. The van der Waals surface area contributed by atoms with Crippen LogP contribution in [0.1, 0.15) is 23.2 Å². The molecule has 2 heterocycles. The van der Waals surface area contributed by atoms with Crippen LogP contribution < -0.4 is 15.0 Å². The first kappa shape index (κ1) is 24.5. The van der Waals surface area contributed by atoms with Crippen LogP contribution in [-0.2, 0) is 11.3 Å². The molecule has 2 aromatic carbocycles. The van der Waals surface area contributed by atoms with Gasteiger partial charge < -0.3 is 19.3 Å². The molecule has 0 unspecified atom stereocenters. The molecule has 1 aliphatic heterocycles. The summed E-state index contributed by atoms with van der Waals surface area (Å²) < 4.78 is 12.1. The average molecular weight is 499 g/mol. The molecule has 35 heavy (non-hydrogen) atoms. The molecule has 0 radical (unpaired) electrons. The topological polar surface area (TPSA) is 94.0 Å². The van der Waals surface area contributed by atoms with Crippen molar-refractivity contribution < 1.29 is 19.1 Å². The number of carbonyl (C=O) groups excluding carboxylic acids is 2. The van der Waals surface area contributed by atoms with Gasteiger partial charge in [-0.1, -0.05) is 11.6 Å². The summed E-state index contributed by atoms with van der Waals surface area (Å²) in [5.74, 6) is 0.911. The zero-order valence-corrected chi connectivity index (χ0v) is 20.5. The van der Waals surface area contributed by atoms with Crippen LogP contribution >= 0.6 is 11.6 Å². The van der Waals surface area contributed by atoms with Crippen molar-refractivity contribution in [1.82, 2.24) is 19.4 Å². The number of methoxy groups -OCH3 is 2. The summed E-state index contributed by atoms with van der Waals surface area (Å²) in [6.45, 7) is 2.30. The van der Waals surface area contributed by atoms with Crippen LogP contribution in [0.15, 0.2) is 47.5 Å². The number of nitrogens with zero attached hydrogens (tertiary/aromatic N) is 4. The van der Waals surface area contributed by atoms with Gasteiger partial charge in [0.05, 0.1) is 31.4 Å². The highest BCUT2D eigenvalue weighted by Crippen LogP contribution is 2.29. The van der Waals surface area contributed by atoms with Gasteiger partial charge in [-0.15, -0.1) is 0 Å². The van der Waals surface area contributed by atoms with Crippen LogP contribution in [0.3, 0.4) is 0 Å². The molecule has 2 amide bonds. The van der Waals surface area contributed by atoms with Crippen molar-refractivity contribution in [3.8, 4) is 11.5 Å². The molecule has 0 spiro atoms. The fraction of sp³-hybridized carbons (Fsp3) is 0.360. The minimum absolute atomic E-state index is 0.0109. The van der Waals surface area contributed by atoms with E-state index in [1.54, 1.807) is 46.2 Å². The van der Waals surface area contributed by atoms with Crippen LogP contribution in [-0.4, -0.2) is 71.6 Å². The molecule has 1 saturated heterocycles. The van der Waals surface area contributed by atoms with Gasteiger partial charge in [0.1, 0.15) is 0 Å². The summed E-state index contributed by atoms with van der Waals surface area (Å²) >= 11 is 5.89. The first-order valence-corrected chi connectivity index (χ1v) is 11.7. The van der Waals surface area contributed by atoms with Crippen molar-refractivity contribution in [2.24, 2.45) is 0 Å². The first-order valence-electron chi connectivity index (χ1n) is 11.3. The van der Waals surface area contributed by atoms with E-state index in [9.17, 15) is 14.4 Å². The predicted molar refractivity (Wildman–Crippen MR) is 132 cm³/mol. The molecule has 9 nitrogen and oxygen atoms in total. The number of aromatic nitrogens is 2. The number of hydrogen-bond donors (Lipinski definition) is 0. The molecule has 0 saturated carbocycles. The molecule has 1 aliphatic rings. The van der Waals surface area contributed by atoms with Crippen molar-refractivity contribution in [2.45, 2.75) is 19.4 Å².